The lowest BCUT2D eigenvalue weighted by molar-refractivity contribution is 0.100. The number of nitrogens with zero attached hydrogens (tertiary/aromatic N) is 1. The molecule has 0 saturated heterocycles. The molecule has 0 amide bonds. The van der Waals surface area contributed by atoms with Gasteiger partial charge in [-0.1, -0.05) is 26.7 Å². The molecule has 2 nitrogen and oxygen atoms in total. The number of hydrogen-bond acceptors (Lipinski definition) is 2. The number of hydrogen-bond donors (Lipinski definition) is 1. The van der Waals surface area contributed by atoms with Gasteiger partial charge in [0.15, 0.2) is 0 Å². The van der Waals surface area contributed by atoms with Gasteiger partial charge in [0.25, 0.3) is 0 Å². The molecular formula is C16H32N2. The van der Waals surface area contributed by atoms with Crippen LogP contribution in [0, 0.1) is 17.8 Å². The Labute approximate surface area is 113 Å². The van der Waals surface area contributed by atoms with E-state index >= 15 is 0 Å². The van der Waals surface area contributed by atoms with Crippen molar-refractivity contribution >= 4 is 0 Å². The minimum Gasteiger partial charge on any atom is -0.329 e. The first kappa shape index (κ1) is 14.3. The average Bonchev–Trinajstić information content (AvgIpc) is 3.14. The van der Waals surface area contributed by atoms with Gasteiger partial charge in [0, 0.05) is 18.6 Å². The second-order valence-electron chi connectivity index (χ2n) is 7.12. The van der Waals surface area contributed by atoms with Crippen molar-refractivity contribution in [2.45, 2.75) is 70.9 Å². The maximum absolute atomic E-state index is 6.00. The molecule has 2 N–H and O–H groups in total. The Bertz CT molecular complexity index is 247. The maximum Gasteiger partial charge on any atom is 0.0246 e. The summed E-state index contributed by atoms with van der Waals surface area (Å²) < 4.78 is 0. The van der Waals surface area contributed by atoms with Gasteiger partial charge in [-0.25, -0.2) is 0 Å². The van der Waals surface area contributed by atoms with Crippen LogP contribution in [0.2, 0.25) is 0 Å². The summed E-state index contributed by atoms with van der Waals surface area (Å²) in [5.41, 5.74) is 6.00. The summed E-state index contributed by atoms with van der Waals surface area (Å²) in [7, 11) is 2.33. The van der Waals surface area contributed by atoms with Gasteiger partial charge in [0.2, 0.25) is 0 Å². The third-order valence-electron chi connectivity index (χ3n) is 5.07. The van der Waals surface area contributed by atoms with Gasteiger partial charge in [-0.3, -0.25) is 4.90 Å². The van der Waals surface area contributed by atoms with Crippen LogP contribution in [0.4, 0.5) is 0 Å². The zero-order valence-corrected chi connectivity index (χ0v) is 12.6. The fourth-order valence-corrected chi connectivity index (χ4v) is 3.96. The van der Waals surface area contributed by atoms with E-state index in [0.29, 0.717) is 6.04 Å². The van der Waals surface area contributed by atoms with E-state index in [1.54, 1.807) is 0 Å². The Morgan fingerprint density at radius 1 is 1.17 bits per heavy atom. The molecule has 3 unspecified atom stereocenters. The molecule has 2 aliphatic rings. The van der Waals surface area contributed by atoms with Crippen LogP contribution in [0.25, 0.3) is 0 Å². The highest BCUT2D eigenvalue weighted by Crippen LogP contribution is 2.38. The first-order valence-corrected chi connectivity index (χ1v) is 8.03. The molecule has 0 aromatic heterocycles. The quantitative estimate of drug-likeness (QED) is 0.786. The lowest BCUT2D eigenvalue weighted by Gasteiger charge is -2.40. The highest BCUT2D eigenvalue weighted by atomic mass is 15.2. The highest BCUT2D eigenvalue weighted by Gasteiger charge is 2.36. The molecule has 2 aliphatic carbocycles. The average molecular weight is 252 g/mol. The molecular weight excluding hydrogens is 220 g/mol. The molecule has 0 aromatic carbocycles. The van der Waals surface area contributed by atoms with Gasteiger partial charge >= 0.3 is 0 Å². The predicted octanol–water partition coefficient (Wildman–Crippen LogP) is 3.26. The van der Waals surface area contributed by atoms with Crippen molar-refractivity contribution in [2.75, 3.05) is 13.6 Å². The third-order valence-corrected chi connectivity index (χ3v) is 5.07. The van der Waals surface area contributed by atoms with Crippen molar-refractivity contribution in [3.05, 3.63) is 0 Å². The van der Waals surface area contributed by atoms with Gasteiger partial charge in [-0.05, 0) is 56.9 Å². The molecule has 2 heteroatoms. The highest BCUT2D eigenvalue weighted by molar-refractivity contribution is 4.91. The van der Waals surface area contributed by atoms with Crippen molar-refractivity contribution in [2.24, 2.45) is 23.5 Å². The summed E-state index contributed by atoms with van der Waals surface area (Å²) in [4.78, 5) is 2.64. The molecule has 18 heavy (non-hydrogen) atoms. The number of rotatable bonds is 6. The van der Waals surface area contributed by atoms with Gasteiger partial charge in [0.05, 0.1) is 0 Å². The van der Waals surface area contributed by atoms with E-state index in [0.717, 1.165) is 30.3 Å². The summed E-state index contributed by atoms with van der Waals surface area (Å²) in [5.74, 6) is 2.72. The minimum absolute atomic E-state index is 0.660. The normalized spacial score (nSPS) is 31.0. The van der Waals surface area contributed by atoms with E-state index in [-0.39, 0.29) is 0 Å². The van der Waals surface area contributed by atoms with Crippen LogP contribution < -0.4 is 5.73 Å². The van der Waals surface area contributed by atoms with Crippen LogP contribution in [0.15, 0.2) is 0 Å². The SMILES string of the molecule is CC(C)CC1CCCC(N(C)C(CN)C2CC2)C1. The van der Waals surface area contributed by atoms with Gasteiger partial charge < -0.3 is 5.73 Å². The Morgan fingerprint density at radius 2 is 1.89 bits per heavy atom. The van der Waals surface area contributed by atoms with Gasteiger partial charge in [-0.2, -0.15) is 0 Å². The zero-order valence-electron chi connectivity index (χ0n) is 12.6. The number of nitrogens with two attached hydrogens (primary N) is 1. The summed E-state index contributed by atoms with van der Waals surface area (Å²) in [6, 6.07) is 1.46. The van der Waals surface area contributed by atoms with Gasteiger partial charge in [-0.15, -0.1) is 0 Å². The largest absolute Gasteiger partial charge is 0.329 e. The monoisotopic (exact) mass is 252 g/mol. The summed E-state index contributed by atoms with van der Waals surface area (Å²) in [6.45, 7) is 5.58. The van der Waals surface area contributed by atoms with Crippen LogP contribution in [-0.2, 0) is 0 Å². The molecule has 0 spiro atoms. The van der Waals surface area contributed by atoms with Crippen molar-refractivity contribution in [3.8, 4) is 0 Å². The lowest BCUT2D eigenvalue weighted by Crippen LogP contribution is -2.47. The van der Waals surface area contributed by atoms with E-state index in [2.05, 4.69) is 25.8 Å². The van der Waals surface area contributed by atoms with Crippen LogP contribution in [0.1, 0.15) is 58.8 Å². The maximum atomic E-state index is 6.00. The molecule has 106 valence electrons. The van der Waals surface area contributed by atoms with Crippen LogP contribution in [-0.4, -0.2) is 30.6 Å². The molecule has 0 heterocycles. The summed E-state index contributed by atoms with van der Waals surface area (Å²) in [5, 5.41) is 0. The van der Waals surface area contributed by atoms with E-state index in [1.807, 2.05) is 0 Å². The van der Waals surface area contributed by atoms with E-state index < -0.39 is 0 Å². The van der Waals surface area contributed by atoms with Crippen molar-refractivity contribution in [1.82, 2.24) is 4.90 Å². The van der Waals surface area contributed by atoms with Crippen molar-refractivity contribution in [1.29, 1.82) is 0 Å². The second-order valence-corrected chi connectivity index (χ2v) is 7.12. The topological polar surface area (TPSA) is 29.3 Å². The molecule has 0 radical (unpaired) electrons. The third kappa shape index (κ3) is 3.71. The Morgan fingerprint density at radius 3 is 2.44 bits per heavy atom. The molecule has 0 aliphatic heterocycles. The molecule has 3 atom stereocenters. The standard InChI is InChI=1S/C16H32N2/c1-12(2)9-13-5-4-6-15(10-13)18(3)16(11-17)14-7-8-14/h12-16H,4-11,17H2,1-3H3. The predicted molar refractivity (Wildman–Crippen MR) is 78.5 cm³/mol. The first-order chi connectivity index (χ1) is 8.61. The lowest BCUT2D eigenvalue weighted by atomic mass is 9.80. The second kappa shape index (κ2) is 6.38. The van der Waals surface area contributed by atoms with Crippen LogP contribution in [0.3, 0.4) is 0 Å². The fraction of sp³-hybridized carbons (Fsp3) is 1.00. The van der Waals surface area contributed by atoms with E-state index in [4.69, 9.17) is 5.73 Å². The van der Waals surface area contributed by atoms with E-state index in [1.165, 1.54) is 44.9 Å². The molecule has 0 bridgehead atoms. The summed E-state index contributed by atoms with van der Waals surface area (Å²) >= 11 is 0. The summed E-state index contributed by atoms with van der Waals surface area (Å²) in [6.07, 6.45) is 9.93. The Kier molecular flexibility index (Phi) is 5.08. The van der Waals surface area contributed by atoms with Crippen LogP contribution in [0.5, 0.6) is 0 Å². The minimum atomic E-state index is 0.660. The van der Waals surface area contributed by atoms with Crippen molar-refractivity contribution < 1.29 is 0 Å². The molecule has 2 rings (SSSR count). The number of likely N-dealkylation sites (N-methyl/N-ethyl adjacent to an activating group) is 1. The fourth-order valence-electron chi connectivity index (χ4n) is 3.96. The van der Waals surface area contributed by atoms with Gasteiger partial charge in [0.1, 0.15) is 0 Å². The Hall–Kier alpha value is -0.0800. The molecule has 2 fully saturated rings. The molecule has 2 saturated carbocycles. The molecule has 0 aromatic rings. The first-order valence-electron chi connectivity index (χ1n) is 8.03. The smallest absolute Gasteiger partial charge is 0.0246 e. The van der Waals surface area contributed by atoms with E-state index in [9.17, 15) is 0 Å². The van der Waals surface area contributed by atoms with Crippen LogP contribution >= 0.6 is 0 Å². The van der Waals surface area contributed by atoms with Crippen molar-refractivity contribution in [3.63, 3.8) is 0 Å². The Balaban J connectivity index is 1.86. The zero-order chi connectivity index (χ0) is 13.1.